The lowest BCUT2D eigenvalue weighted by atomic mass is 10.1. The zero-order valence-electron chi connectivity index (χ0n) is 10.8. The number of hydrogen-bond acceptors (Lipinski definition) is 3. The van der Waals surface area contributed by atoms with Crippen molar-refractivity contribution in [2.24, 2.45) is 5.14 Å². The fourth-order valence-corrected chi connectivity index (χ4v) is 2.39. The van der Waals surface area contributed by atoms with Gasteiger partial charge in [-0.05, 0) is 35.4 Å². The van der Waals surface area contributed by atoms with Gasteiger partial charge < -0.3 is 5.32 Å². The third-order valence-corrected chi connectivity index (χ3v) is 3.59. The predicted octanol–water partition coefficient (Wildman–Crippen LogP) is 1.96. The van der Waals surface area contributed by atoms with Crippen molar-refractivity contribution < 1.29 is 13.2 Å². The molecule has 0 heterocycles. The SMILES string of the molecule is CC(=O)Nc1cccc(-c2cccc(S(N)(=O)=O)c2)c1. The van der Waals surface area contributed by atoms with Crippen molar-refractivity contribution in [2.45, 2.75) is 11.8 Å². The van der Waals surface area contributed by atoms with E-state index in [1.54, 1.807) is 30.3 Å². The number of carbonyl (C=O) groups is 1. The number of anilines is 1. The highest BCUT2D eigenvalue weighted by atomic mass is 32.2. The van der Waals surface area contributed by atoms with Crippen LogP contribution in [0.4, 0.5) is 5.69 Å². The first-order valence-electron chi connectivity index (χ1n) is 5.87. The molecule has 0 saturated carbocycles. The molecule has 1 amide bonds. The maximum absolute atomic E-state index is 11.3. The van der Waals surface area contributed by atoms with E-state index in [4.69, 9.17) is 5.14 Å². The lowest BCUT2D eigenvalue weighted by Crippen LogP contribution is -2.11. The Labute approximate surface area is 117 Å². The Balaban J connectivity index is 2.44. The Bertz CT molecular complexity index is 755. The zero-order chi connectivity index (χ0) is 14.8. The van der Waals surface area contributed by atoms with Gasteiger partial charge in [0.25, 0.3) is 0 Å². The van der Waals surface area contributed by atoms with Crippen LogP contribution in [0.2, 0.25) is 0 Å². The maximum atomic E-state index is 11.3. The van der Waals surface area contributed by atoms with Gasteiger partial charge in [-0.1, -0.05) is 24.3 Å². The van der Waals surface area contributed by atoms with Gasteiger partial charge in [-0.25, -0.2) is 13.6 Å². The second-order valence-electron chi connectivity index (χ2n) is 4.33. The Kier molecular flexibility index (Phi) is 3.87. The van der Waals surface area contributed by atoms with Crippen LogP contribution in [0.1, 0.15) is 6.92 Å². The van der Waals surface area contributed by atoms with E-state index in [2.05, 4.69) is 5.32 Å². The molecule has 0 radical (unpaired) electrons. The molecule has 0 aromatic heterocycles. The van der Waals surface area contributed by atoms with Gasteiger partial charge in [0, 0.05) is 12.6 Å². The third kappa shape index (κ3) is 3.43. The van der Waals surface area contributed by atoms with Crippen LogP contribution in [-0.4, -0.2) is 14.3 Å². The molecule has 2 rings (SSSR count). The van der Waals surface area contributed by atoms with Crippen LogP contribution in [0.3, 0.4) is 0 Å². The Hall–Kier alpha value is -2.18. The molecule has 0 fully saturated rings. The van der Waals surface area contributed by atoms with Gasteiger partial charge in [-0.2, -0.15) is 0 Å². The summed E-state index contributed by atoms with van der Waals surface area (Å²) in [5, 5.41) is 7.79. The average molecular weight is 290 g/mol. The summed E-state index contributed by atoms with van der Waals surface area (Å²) in [6.07, 6.45) is 0. The number of sulfonamides is 1. The first kappa shape index (κ1) is 14.2. The summed E-state index contributed by atoms with van der Waals surface area (Å²) < 4.78 is 22.7. The monoisotopic (exact) mass is 290 g/mol. The molecular weight excluding hydrogens is 276 g/mol. The van der Waals surface area contributed by atoms with E-state index in [-0.39, 0.29) is 10.8 Å². The summed E-state index contributed by atoms with van der Waals surface area (Å²) in [5.74, 6) is -0.166. The summed E-state index contributed by atoms with van der Waals surface area (Å²) in [7, 11) is -3.73. The fraction of sp³-hybridized carbons (Fsp3) is 0.0714. The molecule has 20 heavy (non-hydrogen) atoms. The Morgan fingerprint density at radius 2 is 1.65 bits per heavy atom. The van der Waals surface area contributed by atoms with Crippen molar-refractivity contribution in [2.75, 3.05) is 5.32 Å². The molecule has 0 saturated heterocycles. The van der Waals surface area contributed by atoms with Crippen LogP contribution < -0.4 is 10.5 Å². The molecule has 104 valence electrons. The molecule has 0 spiro atoms. The number of hydrogen-bond donors (Lipinski definition) is 2. The van der Waals surface area contributed by atoms with E-state index < -0.39 is 10.0 Å². The largest absolute Gasteiger partial charge is 0.326 e. The molecule has 0 bridgehead atoms. The molecule has 0 aliphatic carbocycles. The summed E-state index contributed by atoms with van der Waals surface area (Å²) in [5.41, 5.74) is 2.15. The predicted molar refractivity (Wildman–Crippen MR) is 77.6 cm³/mol. The molecule has 3 N–H and O–H groups in total. The molecule has 0 aliphatic rings. The smallest absolute Gasteiger partial charge is 0.238 e. The number of primary sulfonamides is 1. The van der Waals surface area contributed by atoms with Gasteiger partial charge >= 0.3 is 0 Å². The molecule has 2 aromatic rings. The molecule has 0 aliphatic heterocycles. The zero-order valence-corrected chi connectivity index (χ0v) is 11.6. The minimum Gasteiger partial charge on any atom is -0.326 e. The van der Waals surface area contributed by atoms with Gasteiger partial charge in [0.2, 0.25) is 15.9 Å². The second kappa shape index (κ2) is 5.44. The number of carbonyl (C=O) groups excluding carboxylic acids is 1. The van der Waals surface area contributed by atoms with Gasteiger partial charge in [0.1, 0.15) is 0 Å². The van der Waals surface area contributed by atoms with Gasteiger partial charge in [0.05, 0.1) is 4.90 Å². The molecule has 5 nitrogen and oxygen atoms in total. The minimum atomic E-state index is -3.73. The van der Waals surface area contributed by atoms with E-state index in [0.29, 0.717) is 11.3 Å². The lowest BCUT2D eigenvalue weighted by Gasteiger charge is -2.07. The van der Waals surface area contributed by atoms with Crippen molar-refractivity contribution in [1.82, 2.24) is 0 Å². The standard InChI is InChI=1S/C14H14N2O3S/c1-10(17)16-13-6-2-4-11(8-13)12-5-3-7-14(9-12)20(15,18)19/h2-9H,1H3,(H,16,17)(H2,15,18,19). The van der Waals surface area contributed by atoms with Crippen molar-refractivity contribution in [3.63, 3.8) is 0 Å². The first-order valence-corrected chi connectivity index (χ1v) is 7.42. The summed E-state index contributed by atoms with van der Waals surface area (Å²) in [6, 6.07) is 13.5. The molecule has 0 unspecified atom stereocenters. The number of benzene rings is 2. The Morgan fingerprint density at radius 1 is 1.05 bits per heavy atom. The van der Waals surface area contributed by atoms with Crippen LogP contribution in [0, 0.1) is 0 Å². The number of amides is 1. The van der Waals surface area contributed by atoms with E-state index in [9.17, 15) is 13.2 Å². The maximum Gasteiger partial charge on any atom is 0.238 e. The van der Waals surface area contributed by atoms with Crippen LogP contribution in [0.15, 0.2) is 53.4 Å². The van der Waals surface area contributed by atoms with Crippen LogP contribution in [0.25, 0.3) is 11.1 Å². The summed E-state index contributed by atoms with van der Waals surface area (Å²) in [4.78, 5) is 11.1. The van der Waals surface area contributed by atoms with E-state index in [0.717, 1.165) is 5.56 Å². The average Bonchev–Trinajstić information content (AvgIpc) is 2.37. The van der Waals surface area contributed by atoms with Crippen molar-refractivity contribution in [1.29, 1.82) is 0 Å². The number of nitrogens with two attached hydrogens (primary N) is 1. The molecular formula is C14H14N2O3S. The van der Waals surface area contributed by atoms with Crippen LogP contribution >= 0.6 is 0 Å². The molecule has 0 atom stereocenters. The van der Waals surface area contributed by atoms with Gasteiger partial charge in [0.15, 0.2) is 0 Å². The lowest BCUT2D eigenvalue weighted by molar-refractivity contribution is -0.114. The summed E-state index contributed by atoms with van der Waals surface area (Å²) in [6.45, 7) is 1.42. The minimum absolute atomic E-state index is 0.0555. The molecule has 2 aromatic carbocycles. The van der Waals surface area contributed by atoms with E-state index >= 15 is 0 Å². The normalized spacial score (nSPS) is 11.1. The third-order valence-electron chi connectivity index (χ3n) is 2.68. The number of nitrogens with one attached hydrogen (secondary N) is 1. The van der Waals surface area contributed by atoms with E-state index in [1.807, 2.05) is 6.07 Å². The van der Waals surface area contributed by atoms with Crippen molar-refractivity contribution >= 4 is 21.6 Å². The highest BCUT2D eigenvalue weighted by molar-refractivity contribution is 7.89. The highest BCUT2D eigenvalue weighted by Crippen LogP contribution is 2.24. The second-order valence-corrected chi connectivity index (χ2v) is 5.90. The van der Waals surface area contributed by atoms with Crippen LogP contribution in [-0.2, 0) is 14.8 Å². The van der Waals surface area contributed by atoms with Crippen LogP contribution in [0.5, 0.6) is 0 Å². The van der Waals surface area contributed by atoms with E-state index in [1.165, 1.54) is 19.1 Å². The topological polar surface area (TPSA) is 89.3 Å². The molecule has 6 heteroatoms. The fourth-order valence-electron chi connectivity index (χ4n) is 1.83. The van der Waals surface area contributed by atoms with Crippen molar-refractivity contribution in [3.8, 4) is 11.1 Å². The van der Waals surface area contributed by atoms with Crippen molar-refractivity contribution in [3.05, 3.63) is 48.5 Å². The first-order chi connectivity index (χ1) is 9.36. The van der Waals surface area contributed by atoms with Gasteiger partial charge in [-0.15, -0.1) is 0 Å². The Morgan fingerprint density at radius 3 is 2.25 bits per heavy atom. The van der Waals surface area contributed by atoms with Gasteiger partial charge in [-0.3, -0.25) is 4.79 Å². The summed E-state index contributed by atoms with van der Waals surface area (Å²) >= 11 is 0. The quantitative estimate of drug-likeness (QED) is 0.905. The number of rotatable bonds is 3. The highest BCUT2D eigenvalue weighted by Gasteiger charge is 2.09.